The fraction of sp³-hybridized carbons (Fsp3) is 0.704. The third-order valence-electron chi connectivity index (χ3n) is 7.79. The minimum Gasteiger partial charge on any atom is -0.444 e. The Balaban J connectivity index is 1.48. The molecule has 9 heteroatoms. The van der Waals surface area contributed by atoms with Crippen LogP contribution >= 0.6 is 0 Å². The Hall–Kier alpha value is -3.02. The van der Waals surface area contributed by atoms with Gasteiger partial charge in [0.1, 0.15) is 23.4 Å². The topological polar surface area (TPSA) is 90.5 Å². The van der Waals surface area contributed by atoms with Gasteiger partial charge in [0, 0.05) is 56.9 Å². The van der Waals surface area contributed by atoms with Crippen LogP contribution in [0.5, 0.6) is 0 Å². The van der Waals surface area contributed by atoms with Gasteiger partial charge in [0.05, 0.1) is 17.1 Å². The third-order valence-corrected chi connectivity index (χ3v) is 7.79. The maximum absolute atomic E-state index is 12.7. The molecule has 1 amide bonds. The Morgan fingerprint density at radius 3 is 2.58 bits per heavy atom. The van der Waals surface area contributed by atoms with Gasteiger partial charge in [-0.2, -0.15) is 5.26 Å². The smallest absolute Gasteiger partial charge is 0.410 e. The molecule has 2 saturated heterocycles. The Labute approximate surface area is 214 Å². The van der Waals surface area contributed by atoms with Crippen molar-refractivity contribution < 1.29 is 9.53 Å². The van der Waals surface area contributed by atoms with Crippen LogP contribution in [0.4, 0.5) is 16.3 Å². The van der Waals surface area contributed by atoms with E-state index in [1.807, 2.05) is 20.8 Å². The van der Waals surface area contributed by atoms with Crippen LogP contribution in [0.3, 0.4) is 0 Å². The SMILES string of the molecule is C[C@H]1CN(C(=O)OC(C)(C)C)CCN1c1ncnc2c1c(N1CCCC1)cn2[C@H]1CCC[C@@H](C#N)C1. The van der Waals surface area contributed by atoms with Gasteiger partial charge < -0.3 is 24.0 Å². The highest BCUT2D eigenvalue weighted by Crippen LogP contribution is 2.41. The van der Waals surface area contributed by atoms with E-state index in [0.717, 1.165) is 55.6 Å². The van der Waals surface area contributed by atoms with Gasteiger partial charge in [-0.05, 0) is 59.8 Å². The van der Waals surface area contributed by atoms with Crippen LogP contribution < -0.4 is 9.80 Å². The van der Waals surface area contributed by atoms with E-state index in [1.165, 1.54) is 18.5 Å². The number of nitrogens with zero attached hydrogens (tertiary/aromatic N) is 7. The Morgan fingerprint density at radius 1 is 1.11 bits per heavy atom. The molecule has 0 aromatic carbocycles. The minimum absolute atomic E-state index is 0.0943. The number of carbonyl (C=O) groups is 1. The highest BCUT2D eigenvalue weighted by atomic mass is 16.6. The molecule has 3 atom stereocenters. The van der Waals surface area contributed by atoms with Crippen molar-refractivity contribution in [1.29, 1.82) is 5.26 Å². The predicted octanol–water partition coefficient (Wildman–Crippen LogP) is 4.73. The molecule has 0 bridgehead atoms. The number of hydrogen-bond acceptors (Lipinski definition) is 7. The lowest BCUT2D eigenvalue weighted by molar-refractivity contribution is 0.0218. The van der Waals surface area contributed by atoms with Crippen LogP contribution in [0.25, 0.3) is 11.0 Å². The number of aromatic nitrogens is 3. The molecule has 3 fully saturated rings. The van der Waals surface area contributed by atoms with Crippen molar-refractivity contribution in [3.63, 3.8) is 0 Å². The van der Waals surface area contributed by atoms with E-state index in [9.17, 15) is 10.1 Å². The quantitative estimate of drug-likeness (QED) is 0.610. The van der Waals surface area contributed by atoms with Gasteiger partial charge in [-0.3, -0.25) is 0 Å². The number of hydrogen-bond donors (Lipinski definition) is 0. The molecule has 0 unspecified atom stereocenters. The van der Waals surface area contributed by atoms with Gasteiger partial charge in [-0.1, -0.05) is 6.42 Å². The molecule has 2 aromatic heterocycles. The maximum atomic E-state index is 12.7. The second kappa shape index (κ2) is 9.79. The van der Waals surface area contributed by atoms with Gasteiger partial charge >= 0.3 is 6.09 Å². The number of amides is 1. The van der Waals surface area contributed by atoms with Crippen molar-refractivity contribution in [1.82, 2.24) is 19.4 Å². The summed E-state index contributed by atoms with van der Waals surface area (Å²) in [5.74, 6) is 1.06. The van der Waals surface area contributed by atoms with Crippen molar-refractivity contribution >= 4 is 28.6 Å². The maximum Gasteiger partial charge on any atom is 0.410 e. The average Bonchev–Trinajstić information content (AvgIpc) is 3.51. The number of piperazine rings is 1. The molecule has 0 radical (unpaired) electrons. The second-order valence-electron chi connectivity index (χ2n) is 11.6. The van der Waals surface area contributed by atoms with E-state index >= 15 is 0 Å². The summed E-state index contributed by atoms with van der Waals surface area (Å²) in [6, 6.07) is 2.88. The molecule has 36 heavy (non-hydrogen) atoms. The van der Waals surface area contributed by atoms with Gasteiger partial charge in [-0.15, -0.1) is 0 Å². The van der Waals surface area contributed by atoms with Gasteiger partial charge in [0.25, 0.3) is 0 Å². The third kappa shape index (κ3) is 4.82. The molecule has 0 N–H and O–H groups in total. The van der Waals surface area contributed by atoms with Crippen LogP contribution in [0.1, 0.15) is 72.3 Å². The highest BCUT2D eigenvalue weighted by molar-refractivity contribution is 6.00. The molecule has 5 rings (SSSR count). The van der Waals surface area contributed by atoms with E-state index in [4.69, 9.17) is 14.7 Å². The highest BCUT2D eigenvalue weighted by Gasteiger charge is 2.34. The van der Waals surface area contributed by atoms with Crippen molar-refractivity contribution in [2.75, 3.05) is 42.5 Å². The molecule has 1 saturated carbocycles. The zero-order chi connectivity index (χ0) is 25.4. The van der Waals surface area contributed by atoms with Gasteiger partial charge in [-0.25, -0.2) is 14.8 Å². The lowest BCUT2D eigenvalue weighted by Gasteiger charge is -2.41. The average molecular weight is 494 g/mol. The molecular formula is C27H39N7O2. The summed E-state index contributed by atoms with van der Waals surface area (Å²) < 4.78 is 7.95. The first-order chi connectivity index (χ1) is 17.2. The largest absolute Gasteiger partial charge is 0.444 e. The molecule has 194 valence electrons. The molecule has 2 aromatic rings. The Bertz CT molecular complexity index is 1140. The number of rotatable bonds is 3. The van der Waals surface area contributed by atoms with Gasteiger partial charge in [0.15, 0.2) is 0 Å². The number of anilines is 2. The zero-order valence-corrected chi connectivity index (χ0v) is 22.1. The monoisotopic (exact) mass is 493 g/mol. The van der Waals surface area contributed by atoms with E-state index in [-0.39, 0.29) is 24.1 Å². The van der Waals surface area contributed by atoms with E-state index in [0.29, 0.717) is 19.6 Å². The van der Waals surface area contributed by atoms with Crippen molar-refractivity contribution in [3.8, 4) is 6.07 Å². The second-order valence-corrected chi connectivity index (χ2v) is 11.6. The van der Waals surface area contributed by atoms with Crippen molar-refractivity contribution in [3.05, 3.63) is 12.5 Å². The molecule has 1 aliphatic carbocycles. The van der Waals surface area contributed by atoms with Crippen LogP contribution in [0.15, 0.2) is 12.5 Å². The summed E-state index contributed by atoms with van der Waals surface area (Å²) in [5, 5.41) is 10.7. The van der Waals surface area contributed by atoms with Crippen LogP contribution in [-0.4, -0.2) is 69.9 Å². The first kappa shape index (κ1) is 24.7. The fourth-order valence-electron chi connectivity index (χ4n) is 6.04. The van der Waals surface area contributed by atoms with Gasteiger partial charge in [0.2, 0.25) is 0 Å². The van der Waals surface area contributed by atoms with Crippen LogP contribution in [0, 0.1) is 17.2 Å². The summed E-state index contributed by atoms with van der Waals surface area (Å²) in [5.41, 5.74) is 1.67. The standard InChI is InChI=1S/C27H39N7O2/c1-19-16-32(26(35)36-27(2,3)4)12-13-33(19)24-23-22(31-10-5-6-11-31)17-34(25(23)30-18-29-24)21-9-7-8-20(14-21)15-28/h17-21H,5-14,16H2,1-4H3/t19-,20+,21-/m0/s1. The van der Waals surface area contributed by atoms with E-state index < -0.39 is 5.60 Å². The number of carbonyl (C=O) groups excluding carboxylic acids is 1. The normalized spacial score (nSPS) is 25.3. The summed E-state index contributed by atoms with van der Waals surface area (Å²) in [4.78, 5) is 28.9. The summed E-state index contributed by atoms with van der Waals surface area (Å²) in [7, 11) is 0. The lowest BCUT2D eigenvalue weighted by atomic mass is 9.86. The molecular weight excluding hydrogens is 454 g/mol. The number of ether oxygens (including phenoxy) is 1. The summed E-state index contributed by atoms with van der Waals surface area (Å²) in [6.07, 6.45) is 10.1. The fourth-order valence-corrected chi connectivity index (χ4v) is 6.04. The first-order valence-electron chi connectivity index (χ1n) is 13.5. The summed E-state index contributed by atoms with van der Waals surface area (Å²) in [6.45, 7) is 11.8. The predicted molar refractivity (Wildman–Crippen MR) is 140 cm³/mol. The number of nitriles is 1. The Kier molecular flexibility index (Phi) is 6.71. The first-order valence-corrected chi connectivity index (χ1v) is 13.5. The molecule has 2 aliphatic heterocycles. The van der Waals surface area contributed by atoms with Crippen molar-refractivity contribution in [2.24, 2.45) is 5.92 Å². The number of fused-ring (bicyclic) bond motifs is 1. The van der Waals surface area contributed by atoms with Crippen LogP contribution in [-0.2, 0) is 4.74 Å². The lowest BCUT2D eigenvalue weighted by Crippen LogP contribution is -2.54. The Morgan fingerprint density at radius 2 is 1.89 bits per heavy atom. The van der Waals surface area contributed by atoms with E-state index in [2.05, 4.69) is 33.6 Å². The van der Waals surface area contributed by atoms with Crippen LogP contribution in [0.2, 0.25) is 0 Å². The molecule has 9 nitrogen and oxygen atoms in total. The molecule has 3 aliphatic rings. The molecule has 4 heterocycles. The zero-order valence-electron chi connectivity index (χ0n) is 22.1. The minimum atomic E-state index is -0.506. The van der Waals surface area contributed by atoms with E-state index in [1.54, 1.807) is 11.2 Å². The summed E-state index contributed by atoms with van der Waals surface area (Å²) >= 11 is 0. The molecule has 0 spiro atoms. The van der Waals surface area contributed by atoms with Crippen molar-refractivity contribution in [2.45, 2.75) is 83.9 Å².